The average molecular weight is 534 g/mol. The fourth-order valence-electron chi connectivity index (χ4n) is 4.36. The molecule has 0 atom stereocenters. The summed E-state index contributed by atoms with van der Waals surface area (Å²) in [4.78, 5) is 45.9. The van der Waals surface area contributed by atoms with E-state index < -0.39 is 17.4 Å². The molecular formula is C31H27N5O4. The molecule has 1 aliphatic rings. The Labute approximate surface area is 231 Å². The van der Waals surface area contributed by atoms with Crippen molar-refractivity contribution in [3.8, 4) is 17.7 Å². The van der Waals surface area contributed by atoms with Crippen molar-refractivity contribution in [1.29, 1.82) is 0 Å². The second kappa shape index (κ2) is 11.7. The van der Waals surface area contributed by atoms with E-state index in [0.29, 0.717) is 22.7 Å². The Bertz CT molecular complexity index is 1640. The zero-order valence-corrected chi connectivity index (χ0v) is 21.9. The Morgan fingerprint density at radius 1 is 0.900 bits per heavy atom. The summed E-state index contributed by atoms with van der Waals surface area (Å²) in [6.07, 6.45) is 4.58. The molecule has 3 amide bonds. The van der Waals surface area contributed by atoms with Crippen molar-refractivity contribution in [3.05, 3.63) is 102 Å². The van der Waals surface area contributed by atoms with E-state index in [-0.39, 0.29) is 19.0 Å². The van der Waals surface area contributed by atoms with Crippen molar-refractivity contribution in [3.63, 3.8) is 0 Å². The van der Waals surface area contributed by atoms with Crippen LogP contribution in [0.25, 0.3) is 10.8 Å². The Morgan fingerprint density at radius 2 is 1.65 bits per heavy atom. The molecule has 3 N–H and O–H groups in total. The average Bonchev–Trinajstić information content (AvgIpc) is 3.78. The van der Waals surface area contributed by atoms with Crippen LogP contribution in [0.1, 0.15) is 40.0 Å². The van der Waals surface area contributed by atoms with Gasteiger partial charge >= 0.3 is 11.8 Å². The van der Waals surface area contributed by atoms with Crippen LogP contribution >= 0.6 is 0 Å². The van der Waals surface area contributed by atoms with E-state index in [1.165, 1.54) is 19.5 Å². The van der Waals surface area contributed by atoms with Crippen LogP contribution in [-0.4, -0.2) is 41.3 Å². The summed E-state index contributed by atoms with van der Waals surface area (Å²) in [5.41, 5.74) is 2.12. The zero-order valence-electron chi connectivity index (χ0n) is 21.9. The molecule has 9 nitrogen and oxygen atoms in total. The fraction of sp³-hybridized carbons (Fsp3) is 0.194. The van der Waals surface area contributed by atoms with E-state index in [9.17, 15) is 14.4 Å². The van der Waals surface area contributed by atoms with Gasteiger partial charge in [0.25, 0.3) is 5.91 Å². The molecular weight excluding hydrogens is 506 g/mol. The van der Waals surface area contributed by atoms with Gasteiger partial charge in [-0.3, -0.25) is 14.4 Å². The van der Waals surface area contributed by atoms with Gasteiger partial charge < -0.3 is 20.7 Å². The maximum Gasteiger partial charge on any atom is 0.310 e. The Hall–Kier alpha value is -5.23. The number of carbonyl (C=O) groups is 3. The van der Waals surface area contributed by atoms with Crippen LogP contribution in [0.5, 0.6) is 5.88 Å². The number of fused-ring (bicyclic) bond motifs is 1. The van der Waals surface area contributed by atoms with Gasteiger partial charge in [0.1, 0.15) is 5.69 Å². The van der Waals surface area contributed by atoms with E-state index in [2.05, 4.69) is 68.1 Å². The molecule has 1 aromatic heterocycles. The largest absolute Gasteiger partial charge is 0.480 e. The predicted molar refractivity (Wildman–Crippen MR) is 149 cm³/mol. The Morgan fingerprint density at radius 3 is 2.40 bits per heavy atom. The van der Waals surface area contributed by atoms with Gasteiger partial charge in [-0.05, 0) is 52.8 Å². The molecule has 4 aromatic rings. The topological polar surface area (TPSA) is 122 Å². The monoisotopic (exact) mass is 533 g/mol. The van der Waals surface area contributed by atoms with E-state index >= 15 is 0 Å². The van der Waals surface area contributed by atoms with Gasteiger partial charge in [-0.1, -0.05) is 60.5 Å². The third-order valence-electron chi connectivity index (χ3n) is 6.70. The van der Waals surface area contributed by atoms with E-state index in [1.807, 2.05) is 12.1 Å². The molecule has 0 saturated heterocycles. The van der Waals surface area contributed by atoms with Gasteiger partial charge in [0.2, 0.25) is 5.88 Å². The normalized spacial score (nSPS) is 12.9. The number of carbonyl (C=O) groups excluding carboxylic acids is 3. The van der Waals surface area contributed by atoms with Crippen molar-refractivity contribution in [2.24, 2.45) is 0 Å². The molecule has 0 spiro atoms. The number of nitrogens with one attached hydrogen (secondary N) is 3. The number of amides is 3. The number of hydrogen-bond acceptors (Lipinski definition) is 6. The molecule has 0 bridgehead atoms. The number of aromatic nitrogens is 2. The lowest BCUT2D eigenvalue weighted by Crippen LogP contribution is -2.40. The first-order valence-corrected chi connectivity index (χ1v) is 12.8. The van der Waals surface area contributed by atoms with Gasteiger partial charge in [0, 0.05) is 12.1 Å². The highest BCUT2D eigenvalue weighted by Crippen LogP contribution is 2.46. The van der Waals surface area contributed by atoms with Crippen LogP contribution in [0.4, 0.5) is 0 Å². The second-order valence-corrected chi connectivity index (χ2v) is 9.37. The summed E-state index contributed by atoms with van der Waals surface area (Å²) in [5, 5.41) is 10.5. The van der Waals surface area contributed by atoms with Crippen LogP contribution in [0.3, 0.4) is 0 Å². The summed E-state index contributed by atoms with van der Waals surface area (Å²) in [6, 6.07) is 21.4. The minimum Gasteiger partial charge on any atom is -0.480 e. The number of rotatable bonds is 7. The highest BCUT2D eigenvalue weighted by molar-refractivity contribution is 6.35. The molecule has 0 unspecified atom stereocenters. The quantitative estimate of drug-likeness (QED) is 0.248. The lowest BCUT2D eigenvalue weighted by molar-refractivity contribution is -0.139. The van der Waals surface area contributed by atoms with Crippen LogP contribution < -0.4 is 20.7 Å². The van der Waals surface area contributed by atoms with Crippen molar-refractivity contribution >= 4 is 28.5 Å². The molecule has 0 radical (unpaired) electrons. The molecule has 3 aromatic carbocycles. The summed E-state index contributed by atoms with van der Waals surface area (Å²) in [6.45, 7) is -0.0260. The molecule has 0 aliphatic heterocycles. The molecule has 1 saturated carbocycles. The second-order valence-electron chi connectivity index (χ2n) is 9.37. The van der Waals surface area contributed by atoms with E-state index in [1.54, 1.807) is 24.3 Å². The van der Waals surface area contributed by atoms with Crippen LogP contribution in [0.2, 0.25) is 0 Å². The Balaban J connectivity index is 1.16. The van der Waals surface area contributed by atoms with Gasteiger partial charge in [-0.15, -0.1) is 0 Å². The molecule has 200 valence electrons. The first kappa shape index (κ1) is 26.4. The lowest BCUT2D eigenvalue weighted by atomic mass is 9.99. The first-order chi connectivity index (χ1) is 19.5. The van der Waals surface area contributed by atoms with Gasteiger partial charge in [0.15, 0.2) is 0 Å². The Kier molecular flexibility index (Phi) is 7.69. The fourth-order valence-corrected chi connectivity index (χ4v) is 4.36. The summed E-state index contributed by atoms with van der Waals surface area (Å²) in [5.74, 6) is 3.95. The van der Waals surface area contributed by atoms with Crippen molar-refractivity contribution < 1.29 is 19.1 Å². The molecule has 1 fully saturated rings. The molecule has 40 heavy (non-hydrogen) atoms. The molecule has 5 rings (SSSR count). The van der Waals surface area contributed by atoms with Gasteiger partial charge in [0.05, 0.1) is 31.6 Å². The predicted octanol–water partition coefficient (Wildman–Crippen LogP) is 2.84. The van der Waals surface area contributed by atoms with Crippen molar-refractivity contribution in [2.75, 3.05) is 13.7 Å². The highest BCUT2D eigenvalue weighted by Gasteiger charge is 2.46. The first-order valence-electron chi connectivity index (χ1n) is 12.8. The third-order valence-corrected chi connectivity index (χ3v) is 6.70. The van der Waals surface area contributed by atoms with Crippen LogP contribution in [-0.2, 0) is 21.7 Å². The van der Waals surface area contributed by atoms with E-state index in [4.69, 9.17) is 4.74 Å². The van der Waals surface area contributed by atoms with Gasteiger partial charge in [-0.25, -0.2) is 9.97 Å². The van der Waals surface area contributed by atoms with Crippen molar-refractivity contribution in [2.45, 2.75) is 24.9 Å². The maximum absolute atomic E-state index is 13.3. The molecule has 1 heterocycles. The lowest BCUT2D eigenvalue weighted by Gasteiger charge is -2.20. The third kappa shape index (κ3) is 6.08. The summed E-state index contributed by atoms with van der Waals surface area (Å²) in [7, 11) is 1.49. The summed E-state index contributed by atoms with van der Waals surface area (Å²) < 4.78 is 4.94. The minimum absolute atomic E-state index is 0.0198. The van der Waals surface area contributed by atoms with E-state index in [0.717, 1.165) is 29.2 Å². The number of methoxy groups -OCH3 is 1. The number of ether oxygens (including phenoxy) is 1. The van der Waals surface area contributed by atoms with Crippen molar-refractivity contribution in [1.82, 2.24) is 25.9 Å². The van der Waals surface area contributed by atoms with Crippen LogP contribution in [0.15, 0.2) is 79.1 Å². The zero-order chi connectivity index (χ0) is 28.0. The van der Waals surface area contributed by atoms with Gasteiger partial charge in [-0.2, -0.15) is 0 Å². The minimum atomic E-state index is -0.828. The number of benzene rings is 3. The highest BCUT2D eigenvalue weighted by atomic mass is 16.5. The molecule has 9 heteroatoms. The smallest absolute Gasteiger partial charge is 0.310 e. The maximum atomic E-state index is 13.3. The standard InChI is InChI=1S/C31H27N5O4/c1-40-27-20-33-25(19-34-27)10-6-16-32-29(38)30(39)35-18-23-9-4-5-11-26(23)28(37)36-31(14-15-31)24-13-12-21-7-2-3-8-22(21)17-24/h2-5,7-9,11-13,17,19-20H,14-16,18H2,1H3,(H,32,38)(H,35,39)(H,36,37). The number of hydrogen-bond donors (Lipinski definition) is 3. The summed E-state index contributed by atoms with van der Waals surface area (Å²) >= 11 is 0. The number of nitrogens with zero attached hydrogens (tertiary/aromatic N) is 2. The molecule has 1 aliphatic carbocycles. The van der Waals surface area contributed by atoms with Crippen LogP contribution in [0, 0.1) is 11.8 Å². The SMILES string of the molecule is COc1cnc(C#CCNC(=O)C(=O)NCc2ccccc2C(=O)NC2(c3ccc4ccccc4c3)CC2)cn1.